The Labute approximate surface area is 103 Å². The van der Waals surface area contributed by atoms with Gasteiger partial charge < -0.3 is 0 Å². The lowest BCUT2D eigenvalue weighted by Crippen LogP contribution is -2.00. The largest absolute Gasteiger partial charge is 0.207 e. The molecule has 92 valence electrons. The van der Waals surface area contributed by atoms with Gasteiger partial charge in [0.15, 0.2) is 0 Å². The Balaban J connectivity index is 2.23. The van der Waals surface area contributed by atoms with Crippen LogP contribution in [0.3, 0.4) is 0 Å². The summed E-state index contributed by atoms with van der Waals surface area (Å²) in [5.74, 6) is 4.53. The molecule has 0 aliphatic carbocycles. The van der Waals surface area contributed by atoms with E-state index < -0.39 is 11.6 Å². The van der Waals surface area contributed by atoms with Crippen LogP contribution in [-0.2, 0) is 6.54 Å². The van der Waals surface area contributed by atoms with Crippen LogP contribution in [-0.4, -0.2) is 20.2 Å². The lowest BCUT2D eigenvalue weighted by Gasteiger charge is -1.95. The van der Waals surface area contributed by atoms with Gasteiger partial charge in [-0.05, 0) is 17.3 Å². The first-order chi connectivity index (χ1) is 8.69. The number of benzene rings is 1. The quantitative estimate of drug-likeness (QED) is 0.764. The van der Waals surface area contributed by atoms with Gasteiger partial charge in [-0.1, -0.05) is 12.8 Å². The van der Waals surface area contributed by atoms with E-state index in [-0.39, 0.29) is 11.4 Å². The predicted octanol–water partition coefficient (Wildman–Crippen LogP) is 2.03. The van der Waals surface area contributed by atoms with Gasteiger partial charge in [-0.3, -0.25) is 0 Å². The highest BCUT2D eigenvalue weighted by molar-refractivity contribution is 5.53. The third kappa shape index (κ3) is 2.88. The molecule has 0 spiro atoms. The summed E-state index contributed by atoms with van der Waals surface area (Å²) < 4.78 is 26.0. The van der Waals surface area contributed by atoms with Crippen LogP contribution < -0.4 is 0 Å². The van der Waals surface area contributed by atoms with Crippen LogP contribution in [0.1, 0.15) is 13.3 Å². The normalized spacial score (nSPS) is 9.94. The Morgan fingerprint density at radius 1 is 1.17 bits per heavy atom. The van der Waals surface area contributed by atoms with Gasteiger partial charge in [0.1, 0.15) is 18.2 Å². The Hall–Kier alpha value is -2.29. The molecule has 1 aromatic heterocycles. The minimum atomic E-state index is -0.674. The SMILES string of the molecule is CCC#CCn1nnc(-c2cc(F)cc(F)c2)n1. The van der Waals surface area contributed by atoms with E-state index in [0.29, 0.717) is 6.54 Å². The summed E-state index contributed by atoms with van der Waals surface area (Å²) in [7, 11) is 0. The van der Waals surface area contributed by atoms with Crippen molar-refractivity contribution >= 4 is 0 Å². The number of nitrogens with zero attached hydrogens (tertiary/aromatic N) is 4. The molecule has 0 amide bonds. The first-order valence-corrected chi connectivity index (χ1v) is 5.39. The van der Waals surface area contributed by atoms with E-state index in [1.54, 1.807) is 0 Å². The van der Waals surface area contributed by atoms with Crippen LogP contribution in [0.15, 0.2) is 18.2 Å². The summed E-state index contributed by atoms with van der Waals surface area (Å²) in [4.78, 5) is 1.28. The first-order valence-electron chi connectivity index (χ1n) is 5.39. The van der Waals surface area contributed by atoms with Crippen molar-refractivity contribution in [2.75, 3.05) is 0 Å². The summed E-state index contributed by atoms with van der Waals surface area (Å²) >= 11 is 0. The number of tetrazole rings is 1. The van der Waals surface area contributed by atoms with E-state index in [0.717, 1.165) is 24.6 Å². The van der Waals surface area contributed by atoms with Crippen molar-refractivity contribution in [1.29, 1.82) is 0 Å². The van der Waals surface area contributed by atoms with Gasteiger partial charge in [0.2, 0.25) is 5.82 Å². The molecule has 0 fully saturated rings. The molecule has 0 radical (unpaired) electrons. The molecule has 2 rings (SSSR count). The minimum Gasteiger partial charge on any atom is -0.207 e. The summed E-state index contributed by atoms with van der Waals surface area (Å²) in [5, 5.41) is 11.5. The lowest BCUT2D eigenvalue weighted by atomic mass is 10.2. The lowest BCUT2D eigenvalue weighted by molar-refractivity contribution is 0.583. The summed E-state index contributed by atoms with van der Waals surface area (Å²) in [6.07, 6.45) is 0.747. The van der Waals surface area contributed by atoms with Crippen molar-refractivity contribution in [2.24, 2.45) is 0 Å². The molecule has 0 unspecified atom stereocenters. The zero-order chi connectivity index (χ0) is 13.0. The van der Waals surface area contributed by atoms with Gasteiger partial charge in [0.05, 0.1) is 0 Å². The highest BCUT2D eigenvalue weighted by Gasteiger charge is 2.08. The molecule has 18 heavy (non-hydrogen) atoms. The van der Waals surface area contributed by atoms with Crippen LogP contribution in [0.4, 0.5) is 8.78 Å². The Morgan fingerprint density at radius 3 is 2.56 bits per heavy atom. The number of halogens is 2. The fourth-order valence-electron chi connectivity index (χ4n) is 1.36. The van der Waals surface area contributed by atoms with E-state index >= 15 is 0 Å². The third-order valence-electron chi connectivity index (χ3n) is 2.10. The second-order valence-electron chi connectivity index (χ2n) is 3.51. The molecular formula is C12H10F2N4. The van der Waals surface area contributed by atoms with Gasteiger partial charge >= 0.3 is 0 Å². The zero-order valence-corrected chi connectivity index (χ0v) is 9.69. The smallest absolute Gasteiger partial charge is 0.205 e. The van der Waals surface area contributed by atoms with Gasteiger partial charge in [-0.2, -0.15) is 4.80 Å². The molecule has 2 aromatic rings. The molecule has 1 aromatic carbocycles. The maximum Gasteiger partial charge on any atom is 0.205 e. The molecule has 6 heteroatoms. The molecule has 0 bridgehead atoms. The molecular weight excluding hydrogens is 238 g/mol. The molecule has 1 heterocycles. The highest BCUT2D eigenvalue weighted by Crippen LogP contribution is 2.16. The van der Waals surface area contributed by atoms with Crippen LogP contribution in [0.25, 0.3) is 11.4 Å². The van der Waals surface area contributed by atoms with Crippen molar-refractivity contribution in [3.8, 4) is 23.2 Å². The molecule has 0 saturated heterocycles. The van der Waals surface area contributed by atoms with Gasteiger partial charge in [-0.15, -0.1) is 16.1 Å². The number of hydrogen-bond donors (Lipinski definition) is 0. The average Bonchev–Trinajstić information content (AvgIpc) is 2.77. The fourth-order valence-corrected chi connectivity index (χ4v) is 1.36. The maximum atomic E-state index is 13.0. The van der Waals surface area contributed by atoms with Crippen molar-refractivity contribution in [1.82, 2.24) is 20.2 Å². The van der Waals surface area contributed by atoms with E-state index in [4.69, 9.17) is 0 Å². The predicted molar refractivity (Wildman–Crippen MR) is 61.2 cm³/mol. The second-order valence-corrected chi connectivity index (χ2v) is 3.51. The van der Waals surface area contributed by atoms with E-state index in [1.807, 2.05) is 6.92 Å². The molecule has 0 N–H and O–H groups in total. The van der Waals surface area contributed by atoms with Crippen molar-refractivity contribution in [3.05, 3.63) is 29.8 Å². The van der Waals surface area contributed by atoms with Gasteiger partial charge in [0.25, 0.3) is 0 Å². The second kappa shape index (κ2) is 5.36. The maximum absolute atomic E-state index is 13.0. The standard InChI is InChI=1S/C12H10F2N4/c1-2-3-4-5-18-16-12(15-17-18)9-6-10(13)8-11(14)7-9/h6-8H,2,5H2,1H3. The molecule has 0 aliphatic heterocycles. The zero-order valence-electron chi connectivity index (χ0n) is 9.69. The van der Waals surface area contributed by atoms with Crippen LogP contribution in [0.5, 0.6) is 0 Å². The van der Waals surface area contributed by atoms with E-state index in [2.05, 4.69) is 27.3 Å². The van der Waals surface area contributed by atoms with Crippen molar-refractivity contribution in [3.63, 3.8) is 0 Å². The Morgan fingerprint density at radius 2 is 1.89 bits per heavy atom. The van der Waals surface area contributed by atoms with E-state index in [9.17, 15) is 8.78 Å². The number of rotatable bonds is 2. The van der Waals surface area contributed by atoms with Crippen LogP contribution in [0, 0.1) is 23.5 Å². The van der Waals surface area contributed by atoms with Gasteiger partial charge in [-0.25, -0.2) is 8.78 Å². The summed E-state index contributed by atoms with van der Waals surface area (Å²) in [5.41, 5.74) is 0.252. The van der Waals surface area contributed by atoms with E-state index in [1.165, 1.54) is 4.80 Å². The Kier molecular flexibility index (Phi) is 3.63. The topological polar surface area (TPSA) is 43.6 Å². The van der Waals surface area contributed by atoms with Crippen molar-refractivity contribution in [2.45, 2.75) is 19.9 Å². The molecule has 4 nitrogen and oxygen atoms in total. The minimum absolute atomic E-state index is 0.173. The van der Waals surface area contributed by atoms with Crippen LogP contribution >= 0.6 is 0 Å². The fraction of sp³-hybridized carbons (Fsp3) is 0.250. The molecule has 0 aliphatic rings. The Bertz CT molecular complexity index is 590. The highest BCUT2D eigenvalue weighted by atomic mass is 19.1. The van der Waals surface area contributed by atoms with Crippen LogP contribution in [0.2, 0.25) is 0 Å². The monoisotopic (exact) mass is 248 g/mol. The molecule has 0 atom stereocenters. The number of aromatic nitrogens is 4. The number of hydrogen-bond acceptors (Lipinski definition) is 3. The summed E-state index contributed by atoms with van der Waals surface area (Å²) in [6, 6.07) is 3.10. The van der Waals surface area contributed by atoms with Crippen molar-refractivity contribution < 1.29 is 8.78 Å². The van der Waals surface area contributed by atoms with Gasteiger partial charge in [0, 0.05) is 18.1 Å². The average molecular weight is 248 g/mol. The first kappa shape index (κ1) is 12.2. The molecule has 0 saturated carbocycles. The summed E-state index contributed by atoms with van der Waals surface area (Å²) in [6.45, 7) is 2.24. The third-order valence-corrected chi connectivity index (χ3v) is 2.10.